The summed E-state index contributed by atoms with van der Waals surface area (Å²) >= 11 is 2.64. The fourth-order valence-corrected chi connectivity index (χ4v) is 5.70. The third-order valence-electron chi connectivity index (χ3n) is 5.04. The highest BCUT2D eigenvalue weighted by Crippen LogP contribution is 2.41. The molecule has 1 saturated heterocycles. The van der Waals surface area contributed by atoms with Crippen LogP contribution in [0.2, 0.25) is 0 Å². The number of phenolic OH excluding ortho intramolecular Hbond substituents is 1. The van der Waals surface area contributed by atoms with Gasteiger partial charge < -0.3 is 21.3 Å². The molecule has 3 atom stereocenters. The van der Waals surface area contributed by atoms with E-state index in [2.05, 4.69) is 20.8 Å². The van der Waals surface area contributed by atoms with Gasteiger partial charge in [0.05, 0.1) is 0 Å². The number of aromatic nitrogens is 4. The lowest BCUT2D eigenvalue weighted by Gasteiger charge is -2.49. The summed E-state index contributed by atoms with van der Waals surface area (Å²) < 4.78 is 1.47. The first-order valence-corrected chi connectivity index (χ1v) is 11.4. The molecule has 3 unspecified atom stereocenters. The predicted octanol–water partition coefficient (Wildman–Crippen LogP) is -0.554. The molecule has 1 aromatic heterocycles. The summed E-state index contributed by atoms with van der Waals surface area (Å²) in [6.45, 7) is 0. The van der Waals surface area contributed by atoms with E-state index in [4.69, 9.17) is 5.73 Å². The lowest BCUT2D eigenvalue weighted by molar-refractivity contribution is -0.150. The van der Waals surface area contributed by atoms with E-state index >= 15 is 0 Å². The quantitative estimate of drug-likeness (QED) is 0.297. The van der Waals surface area contributed by atoms with Gasteiger partial charge in [0, 0.05) is 18.6 Å². The molecule has 0 spiro atoms. The number of carboxylic acid groups (broad SMARTS) is 1. The Kier molecular flexibility index (Phi) is 6.08. The Morgan fingerprint density at radius 1 is 1.38 bits per heavy atom. The largest absolute Gasteiger partial charge is 0.508 e. The van der Waals surface area contributed by atoms with E-state index in [-0.39, 0.29) is 11.4 Å². The van der Waals surface area contributed by atoms with E-state index in [1.165, 1.54) is 57.4 Å². The average Bonchev–Trinajstić information content (AvgIpc) is 3.19. The molecular weight excluding hydrogens is 458 g/mol. The van der Waals surface area contributed by atoms with Crippen molar-refractivity contribution in [2.75, 3.05) is 11.5 Å². The molecule has 2 aromatic rings. The van der Waals surface area contributed by atoms with Crippen molar-refractivity contribution in [3.05, 3.63) is 41.1 Å². The van der Waals surface area contributed by atoms with Crippen molar-refractivity contribution in [2.24, 2.45) is 12.8 Å². The zero-order valence-electron chi connectivity index (χ0n) is 16.7. The van der Waals surface area contributed by atoms with Crippen LogP contribution in [0.5, 0.6) is 5.75 Å². The Balaban J connectivity index is 1.45. The Hall–Kier alpha value is -3.10. The van der Waals surface area contributed by atoms with Gasteiger partial charge in [-0.25, -0.2) is 9.48 Å². The third kappa shape index (κ3) is 4.03. The van der Waals surface area contributed by atoms with E-state index in [9.17, 15) is 24.6 Å². The van der Waals surface area contributed by atoms with Gasteiger partial charge in [-0.1, -0.05) is 23.9 Å². The van der Waals surface area contributed by atoms with Gasteiger partial charge in [-0.2, -0.15) is 0 Å². The molecule has 2 aliphatic rings. The smallest absolute Gasteiger partial charge is 0.352 e. The fourth-order valence-electron chi connectivity index (χ4n) is 3.37. The Labute approximate surface area is 190 Å². The fraction of sp³-hybridized carbons (Fsp3) is 0.333. The van der Waals surface area contributed by atoms with Gasteiger partial charge in [0.25, 0.3) is 5.91 Å². The second kappa shape index (κ2) is 8.80. The maximum atomic E-state index is 12.8. The number of thioether (sulfide) groups is 2. The maximum absolute atomic E-state index is 12.8. The van der Waals surface area contributed by atoms with Crippen molar-refractivity contribution in [3.8, 4) is 5.75 Å². The summed E-state index contributed by atoms with van der Waals surface area (Å²) in [6.07, 6.45) is 0. The number of carbonyl (C=O) groups is 3. The van der Waals surface area contributed by atoms with E-state index in [1.54, 1.807) is 7.05 Å². The number of tetrazole rings is 1. The van der Waals surface area contributed by atoms with Crippen LogP contribution < -0.4 is 11.1 Å². The molecule has 0 bridgehead atoms. The number of phenols is 1. The molecule has 32 heavy (non-hydrogen) atoms. The first-order chi connectivity index (χ1) is 15.3. The number of benzene rings is 1. The van der Waals surface area contributed by atoms with Crippen LogP contribution in [0.1, 0.15) is 11.6 Å². The van der Waals surface area contributed by atoms with Crippen LogP contribution in [-0.2, 0) is 21.4 Å². The summed E-state index contributed by atoms with van der Waals surface area (Å²) in [4.78, 5) is 38.5. The number of nitrogens with two attached hydrogens (primary N) is 1. The molecule has 4 rings (SSSR count). The molecule has 0 saturated carbocycles. The minimum absolute atomic E-state index is 0.0437. The summed E-state index contributed by atoms with van der Waals surface area (Å²) in [7, 11) is 1.68. The number of hydrogen-bond acceptors (Lipinski definition) is 10. The molecule has 1 fully saturated rings. The van der Waals surface area contributed by atoms with Crippen LogP contribution in [0.4, 0.5) is 0 Å². The third-order valence-corrected chi connectivity index (χ3v) is 7.48. The van der Waals surface area contributed by atoms with Gasteiger partial charge in [0.15, 0.2) is 0 Å². The predicted molar refractivity (Wildman–Crippen MR) is 114 cm³/mol. The molecule has 3 heterocycles. The lowest BCUT2D eigenvalue weighted by atomic mass is 10.0. The van der Waals surface area contributed by atoms with E-state index in [1.807, 2.05) is 0 Å². The summed E-state index contributed by atoms with van der Waals surface area (Å²) in [5.41, 5.74) is 6.95. The minimum Gasteiger partial charge on any atom is -0.508 e. The van der Waals surface area contributed by atoms with Gasteiger partial charge >= 0.3 is 5.97 Å². The number of amides is 2. The zero-order chi connectivity index (χ0) is 23.0. The van der Waals surface area contributed by atoms with Crippen molar-refractivity contribution in [1.82, 2.24) is 30.4 Å². The topological polar surface area (TPSA) is 177 Å². The average molecular weight is 478 g/mol. The molecule has 14 heteroatoms. The van der Waals surface area contributed by atoms with Crippen molar-refractivity contribution < 1.29 is 24.6 Å². The monoisotopic (exact) mass is 477 g/mol. The molecule has 0 radical (unpaired) electrons. The zero-order valence-corrected chi connectivity index (χ0v) is 18.3. The van der Waals surface area contributed by atoms with Crippen LogP contribution in [0.3, 0.4) is 0 Å². The van der Waals surface area contributed by atoms with Crippen LogP contribution in [0.15, 0.2) is 40.7 Å². The lowest BCUT2D eigenvalue weighted by Crippen LogP contribution is -2.71. The Morgan fingerprint density at radius 2 is 2.09 bits per heavy atom. The van der Waals surface area contributed by atoms with Gasteiger partial charge in [-0.05, 0) is 33.7 Å². The van der Waals surface area contributed by atoms with Crippen molar-refractivity contribution in [3.63, 3.8) is 0 Å². The van der Waals surface area contributed by atoms with E-state index in [0.717, 1.165) is 0 Å². The number of β-lactam (4-membered cyclic amide) rings is 1. The Bertz CT molecular complexity index is 1100. The summed E-state index contributed by atoms with van der Waals surface area (Å²) in [5, 5.41) is 32.9. The molecule has 2 amide bonds. The van der Waals surface area contributed by atoms with E-state index < -0.39 is 35.2 Å². The molecular formula is C18H19N7O5S2. The van der Waals surface area contributed by atoms with Gasteiger partial charge in [0.2, 0.25) is 11.1 Å². The molecule has 1 aromatic carbocycles. The number of aromatic hydroxyl groups is 1. The molecule has 12 nitrogen and oxygen atoms in total. The highest BCUT2D eigenvalue weighted by Gasteiger charge is 2.54. The molecule has 5 N–H and O–H groups in total. The van der Waals surface area contributed by atoms with Crippen molar-refractivity contribution in [2.45, 2.75) is 22.6 Å². The second-order valence-electron chi connectivity index (χ2n) is 7.10. The highest BCUT2D eigenvalue weighted by molar-refractivity contribution is 8.01. The Morgan fingerprint density at radius 3 is 2.72 bits per heavy atom. The van der Waals surface area contributed by atoms with Crippen LogP contribution in [-0.4, -0.2) is 76.0 Å². The van der Waals surface area contributed by atoms with Crippen molar-refractivity contribution >= 4 is 41.3 Å². The summed E-state index contributed by atoms with van der Waals surface area (Å²) in [6, 6.07) is 3.96. The van der Waals surface area contributed by atoms with Crippen LogP contribution >= 0.6 is 23.5 Å². The number of nitrogens with one attached hydrogen (secondary N) is 1. The highest BCUT2D eigenvalue weighted by atomic mass is 32.2. The first kappa shape index (κ1) is 22.1. The number of carboxylic acids is 1. The van der Waals surface area contributed by atoms with Gasteiger partial charge in [0.1, 0.15) is 28.9 Å². The SMILES string of the molecule is Cn1nnnc1SCC1=C(C(=O)O)N2C(=O)C(NC(=O)C(N)c3ccc(O)cc3)C2SC1. The van der Waals surface area contributed by atoms with Gasteiger partial charge in [-0.3, -0.25) is 14.5 Å². The number of carbonyl (C=O) groups excluding carboxylic acids is 2. The maximum Gasteiger partial charge on any atom is 0.352 e. The summed E-state index contributed by atoms with van der Waals surface area (Å²) in [5.74, 6) is -1.55. The minimum atomic E-state index is -1.21. The number of aryl methyl sites for hydroxylation is 1. The number of rotatable bonds is 7. The van der Waals surface area contributed by atoms with Gasteiger partial charge in [-0.15, -0.1) is 16.9 Å². The molecule has 2 aliphatic heterocycles. The second-order valence-corrected chi connectivity index (χ2v) is 9.14. The number of hydrogen-bond donors (Lipinski definition) is 4. The van der Waals surface area contributed by atoms with Crippen LogP contribution in [0, 0.1) is 0 Å². The van der Waals surface area contributed by atoms with E-state index in [0.29, 0.717) is 27.8 Å². The number of nitrogens with zero attached hydrogens (tertiary/aromatic N) is 5. The normalized spacial score (nSPS) is 21.1. The first-order valence-electron chi connectivity index (χ1n) is 9.38. The molecule has 168 valence electrons. The molecule has 0 aliphatic carbocycles. The van der Waals surface area contributed by atoms with Crippen molar-refractivity contribution in [1.29, 1.82) is 0 Å². The number of aliphatic carboxylic acids is 1. The van der Waals surface area contributed by atoms with Crippen LogP contribution in [0.25, 0.3) is 0 Å². The standard InChI is InChI=1S/C18H19N7O5S2/c1-24-18(21-22-23-24)32-7-9-6-31-16-12(15(28)25(16)13(9)17(29)30)20-14(27)11(19)8-2-4-10(26)5-3-8/h2-5,11-12,16,26H,6-7,19H2,1H3,(H,20,27)(H,29,30). The number of fused-ring (bicyclic) bond motifs is 1.